The molecule has 0 atom stereocenters. The number of hydrogen-bond acceptors (Lipinski definition) is 3. The summed E-state index contributed by atoms with van der Waals surface area (Å²) in [5, 5.41) is 0. The van der Waals surface area contributed by atoms with Gasteiger partial charge in [0.2, 0.25) is 0 Å². The summed E-state index contributed by atoms with van der Waals surface area (Å²) >= 11 is 0. The third-order valence-electron chi connectivity index (χ3n) is 7.54. The molecule has 0 fully saturated rings. The Balaban J connectivity index is 1.61. The first-order valence-electron chi connectivity index (χ1n) is 15.2. The summed E-state index contributed by atoms with van der Waals surface area (Å²) in [6, 6.07) is 33.8. The van der Waals surface area contributed by atoms with Crippen molar-refractivity contribution in [1.29, 1.82) is 0 Å². The largest absolute Gasteiger partial charge is 0.494 e. The molecule has 5 aromatic rings. The lowest BCUT2D eigenvalue weighted by molar-refractivity contribution is -0.137. The molecule has 5 rings (SSSR count). The van der Waals surface area contributed by atoms with Gasteiger partial charge in [-0.25, -0.2) is 4.98 Å². The Morgan fingerprint density at radius 2 is 1.36 bits per heavy atom. The van der Waals surface area contributed by atoms with E-state index in [1.165, 1.54) is 12.1 Å². The fourth-order valence-corrected chi connectivity index (χ4v) is 5.48. The third-order valence-corrected chi connectivity index (χ3v) is 7.54. The van der Waals surface area contributed by atoms with E-state index in [9.17, 15) is 13.2 Å². The van der Waals surface area contributed by atoms with E-state index in [2.05, 4.69) is 40.7 Å². The second-order valence-electron chi connectivity index (χ2n) is 10.9. The van der Waals surface area contributed by atoms with Gasteiger partial charge in [-0.15, -0.1) is 0 Å². The maximum absolute atomic E-state index is 13.7. The lowest BCUT2D eigenvalue weighted by atomic mass is 10.1. The predicted molar refractivity (Wildman–Crippen MR) is 170 cm³/mol. The second-order valence-corrected chi connectivity index (χ2v) is 10.9. The van der Waals surface area contributed by atoms with Crippen LogP contribution in [0.3, 0.4) is 0 Å². The normalized spacial score (nSPS) is 11.7. The molecule has 0 radical (unpaired) electrons. The summed E-state index contributed by atoms with van der Waals surface area (Å²) < 4.78 is 49.0. The summed E-state index contributed by atoms with van der Waals surface area (Å²) in [5.41, 5.74) is 4.94. The number of hydrogen-bond donors (Lipinski definition) is 0. The topological polar surface area (TPSA) is 30.3 Å². The van der Waals surface area contributed by atoms with Crippen LogP contribution in [0.2, 0.25) is 0 Å². The number of imidazole rings is 1. The van der Waals surface area contributed by atoms with Gasteiger partial charge in [0.15, 0.2) is 0 Å². The quantitative estimate of drug-likeness (QED) is 0.135. The molecule has 0 saturated carbocycles. The molecule has 0 spiro atoms. The summed E-state index contributed by atoms with van der Waals surface area (Å²) in [7, 11) is 0. The lowest BCUT2D eigenvalue weighted by Gasteiger charge is -2.25. The monoisotopic (exact) mass is 597 g/mol. The maximum Gasteiger partial charge on any atom is 0.416 e. The van der Waals surface area contributed by atoms with E-state index in [4.69, 9.17) is 9.72 Å². The van der Waals surface area contributed by atoms with Crippen LogP contribution >= 0.6 is 0 Å². The molecule has 4 nitrogen and oxygen atoms in total. The number of nitrogens with zero attached hydrogens (tertiary/aromatic N) is 3. The van der Waals surface area contributed by atoms with Gasteiger partial charge >= 0.3 is 6.18 Å². The number of unbranched alkanes of at least 4 members (excludes halogenated alkanes) is 1. The van der Waals surface area contributed by atoms with Crippen molar-refractivity contribution in [2.24, 2.45) is 0 Å². The minimum atomic E-state index is -4.41. The molecule has 0 aliphatic rings. The second kappa shape index (κ2) is 14.4. The highest BCUT2D eigenvalue weighted by atomic mass is 19.4. The van der Waals surface area contributed by atoms with E-state index < -0.39 is 11.7 Å². The fraction of sp³-hybridized carbons (Fsp3) is 0.270. The molecule has 1 heterocycles. The molecule has 0 bridgehead atoms. The van der Waals surface area contributed by atoms with Crippen LogP contribution in [0.25, 0.3) is 22.6 Å². The highest BCUT2D eigenvalue weighted by molar-refractivity contribution is 5.68. The van der Waals surface area contributed by atoms with Crippen molar-refractivity contribution in [3.05, 3.63) is 132 Å². The Labute approximate surface area is 257 Å². The number of aromatic nitrogens is 2. The summed E-state index contributed by atoms with van der Waals surface area (Å²) in [4.78, 5) is 7.42. The summed E-state index contributed by atoms with van der Waals surface area (Å²) in [6.07, 6.45) is -2.41. The Morgan fingerprint density at radius 1 is 0.727 bits per heavy atom. The average molecular weight is 598 g/mol. The van der Waals surface area contributed by atoms with Gasteiger partial charge in [-0.2, -0.15) is 13.2 Å². The van der Waals surface area contributed by atoms with Crippen molar-refractivity contribution in [2.45, 2.75) is 59.0 Å². The van der Waals surface area contributed by atoms with Gasteiger partial charge < -0.3 is 9.30 Å². The number of halogens is 3. The van der Waals surface area contributed by atoms with Gasteiger partial charge in [0, 0.05) is 37.3 Å². The Morgan fingerprint density at radius 3 is 2.00 bits per heavy atom. The number of rotatable bonds is 13. The minimum Gasteiger partial charge on any atom is -0.494 e. The Kier molecular flexibility index (Phi) is 10.2. The van der Waals surface area contributed by atoms with E-state index in [0.717, 1.165) is 65.1 Å². The zero-order chi connectivity index (χ0) is 30.9. The van der Waals surface area contributed by atoms with Crippen LogP contribution in [0.15, 0.2) is 109 Å². The first-order valence-corrected chi connectivity index (χ1v) is 15.2. The average Bonchev–Trinajstić information content (AvgIpc) is 3.38. The van der Waals surface area contributed by atoms with Crippen molar-refractivity contribution < 1.29 is 17.9 Å². The van der Waals surface area contributed by atoms with Gasteiger partial charge in [0.25, 0.3) is 0 Å². The molecule has 7 heteroatoms. The van der Waals surface area contributed by atoms with E-state index in [0.29, 0.717) is 31.8 Å². The first-order chi connectivity index (χ1) is 21.4. The third kappa shape index (κ3) is 7.77. The first kappa shape index (κ1) is 31.1. The molecule has 4 aromatic carbocycles. The van der Waals surface area contributed by atoms with Crippen molar-refractivity contribution in [1.82, 2.24) is 14.5 Å². The van der Waals surface area contributed by atoms with Crippen molar-refractivity contribution >= 4 is 0 Å². The van der Waals surface area contributed by atoms with E-state index in [1.807, 2.05) is 67.6 Å². The van der Waals surface area contributed by atoms with E-state index in [-0.39, 0.29) is 0 Å². The number of ether oxygens (including phenoxy) is 1. The van der Waals surface area contributed by atoms with Gasteiger partial charge in [0.1, 0.15) is 11.6 Å². The molecular formula is C37H38F3N3O. The van der Waals surface area contributed by atoms with Crippen molar-refractivity contribution in [2.75, 3.05) is 6.61 Å². The lowest BCUT2D eigenvalue weighted by Crippen LogP contribution is -2.25. The van der Waals surface area contributed by atoms with Gasteiger partial charge in [0.05, 0.1) is 23.6 Å². The van der Waals surface area contributed by atoms with E-state index in [1.54, 1.807) is 6.07 Å². The summed E-state index contributed by atoms with van der Waals surface area (Å²) in [6.45, 7) is 6.79. The van der Waals surface area contributed by atoms with Crippen LogP contribution in [0.5, 0.6) is 5.75 Å². The Hall–Kier alpha value is -4.36. The molecule has 228 valence electrons. The standard InChI is InChI=1S/C37H38F3N3O/c1-3-5-22-43-34(35(30-16-8-6-9-17-30)41-36(43)31-18-10-7-11-19-31)27-42(26-29-15-13-21-33(24-29)44-4-2)25-28-14-12-20-32(23-28)37(38,39)40/h6-21,23-24H,3-5,22,25-27H2,1-2H3. The molecule has 0 N–H and O–H groups in total. The molecule has 1 aromatic heterocycles. The minimum absolute atomic E-state index is 0.330. The van der Waals surface area contributed by atoms with Crippen molar-refractivity contribution in [3.8, 4) is 28.4 Å². The molecular weight excluding hydrogens is 559 g/mol. The van der Waals surface area contributed by atoms with Crippen LogP contribution < -0.4 is 4.74 Å². The molecule has 0 aliphatic heterocycles. The molecule has 0 unspecified atom stereocenters. The van der Waals surface area contributed by atoms with Gasteiger partial charge in [-0.05, 0) is 42.7 Å². The fourth-order valence-electron chi connectivity index (χ4n) is 5.48. The smallest absolute Gasteiger partial charge is 0.416 e. The molecule has 0 aliphatic carbocycles. The molecule has 0 amide bonds. The number of alkyl halides is 3. The van der Waals surface area contributed by atoms with E-state index >= 15 is 0 Å². The van der Waals surface area contributed by atoms with Crippen LogP contribution in [-0.2, 0) is 32.4 Å². The van der Waals surface area contributed by atoms with Crippen LogP contribution in [0.1, 0.15) is 49.1 Å². The molecule has 0 saturated heterocycles. The van der Waals surface area contributed by atoms with Crippen LogP contribution in [0, 0.1) is 0 Å². The highest BCUT2D eigenvalue weighted by Gasteiger charge is 2.30. The Bertz CT molecular complexity index is 1630. The van der Waals surface area contributed by atoms with Crippen molar-refractivity contribution in [3.63, 3.8) is 0 Å². The van der Waals surface area contributed by atoms with Crippen LogP contribution in [0.4, 0.5) is 13.2 Å². The number of benzene rings is 4. The zero-order valence-electron chi connectivity index (χ0n) is 25.2. The predicted octanol–water partition coefficient (Wildman–Crippen LogP) is 9.64. The van der Waals surface area contributed by atoms with Crippen LogP contribution in [-0.4, -0.2) is 21.1 Å². The molecule has 44 heavy (non-hydrogen) atoms. The zero-order valence-corrected chi connectivity index (χ0v) is 25.2. The van der Waals surface area contributed by atoms with Gasteiger partial charge in [-0.1, -0.05) is 104 Å². The van der Waals surface area contributed by atoms with Gasteiger partial charge in [-0.3, -0.25) is 4.90 Å². The highest BCUT2D eigenvalue weighted by Crippen LogP contribution is 2.33. The SMILES string of the molecule is CCCCn1c(-c2ccccc2)nc(-c2ccccc2)c1CN(Cc1cccc(OCC)c1)Cc1cccc(C(F)(F)F)c1. The maximum atomic E-state index is 13.7. The summed E-state index contributed by atoms with van der Waals surface area (Å²) in [5.74, 6) is 1.67.